The van der Waals surface area contributed by atoms with Crippen molar-refractivity contribution in [2.45, 2.75) is 57.9 Å². The van der Waals surface area contributed by atoms with Gasteiger partial charge in [0.15, 0.2) is 5.60 Å². The van der Waals surface area contributed by atoms with Gasteiger partial charge in [-0.15, -0.1) is 0 Å². The third kappa shape index (κ3) is 2.77. The molecule has 0 saturated carbocycles. The molecule has 1 aromatic carbocycles. The number of carbonyl (C=O) groups is 2. The molecule has 1 unspecified atom stereocenters. The second-order valence-electron chi connectivity index (χ2n) is 9.35. The Morgan fingerprint density at radius 1 is 1.31 bits per heavy atom. The second kappa shape index (κ2) is 7.11. The summed E-state index contributed by atoms with van der Waals surface area (Å²) in [6.07, 6.45) is -0.233. The summed E-state index contributed by atoms with van der Waals surface area (Å²) in [5, 5.41) is 23.8. The molecule has 9 nitrogen and oxygen atoms in total. The molecule has 0 spiro atoms. The lowest BCUT2D eigenvalue weighted by atomic mass is 9.81. The van der Waals surface area contributed by atoms with Crippen molar-refractivity contribution in [1.82, 2.24) is 14.9 Å². The Labute approximate surface area is 198 Å². The van der Waals surface area contributed by atoms with Crippen LogP contribution < -0.4 is 10.9 Å². The highest BCUT2D eigenvalue weighted by Crippen LogP contribution is 2.45. The number of aromatic nitrogens is 2. The molecule has 3 N–H and O–H groups in total. The van der Waals surface area contributed by atoms with Crippen LogP contribution in [-0.4, -0.2) is 31.8 Å². The quantitative estimate of drug-likeness (QED) is 0.377. The molecule has 1 amide bonds. The third-order valence-electron chi connectivity index (χ3n) is 7.68. The number of carboxylic acid groups (broad SMARTS) is 1. The lowest BCUT2D eigenvalue weighted by molar-refractivity contribution is -0.172. The molecular weight excluding hydrogens is 457 g/mol. The average molecular weight is 479 g/mol. The van der Waals surface area contributed by atoms with Gasteiger partial charge in [-0.1, -0.05) is 6.92 Å². The summed E-state index contributed by atoms with van der Waals surface area (Å²) in [5.41, 5.74) is 1.86. The largest absolute Gasteiger partial charge is 0.465 e. The molecule has 0 fully saturated rings. The van der Waals surface area contributed by atoms with Crippen molar-refractivity contribution in [3.05, 3.63) is 61.7 Å². The van der Waals surface area contributed by atoms with Crippen LogP contribution in [0.25, 0.3) is 22.3 Å². The number of carbonyl (C=O) groups excluding carboxylic acids is 1. The Morgan fingerprint density at radius 2 is 2.09 bits per heavy atom. The van der Waals surface area contributed by atoms with Crippen LogP contribution in [0.15, 0.2) is 16.9 Å². The molecule has 180 valence electrons. The van der Waals surface area contributed by atoms with Crippen LogP contribution in [0.4, 0.5) is 9.18 Å². The van der Waals surface area contributed by atoms with Gasteiger partial charge in [-0.2, -0.15) is 0 Å². The molecule has 0 bridgehead atoms. The van der Waals surface area contributed by atoms with Gasteiger partial charge in [-0.05, 0) is 48.9 Å². The van der Waals surface area contributed by atoms with Crippen molar-refractivity contribution in [2.24, 2.45) is 0 Å². The zero-order valence-corrected chi connectivity index (χ0v) is 19.1. The SMILES string of the molecule is CCC1(O)C(=O)OCc2c1cc1n(c2=O)Cc2c-1nc1cc(F)c(C)c3c1c2[C@@H](NC(=O)O)CC3. The van der Waals surface area contributed by atoms with E-state index in [1.807, 2.05) is 0 Å². The van der Waals surface area contributed by atoms with E-state index in [1.54, 1.807) is 19.9 Å². The number of esters is 1. The Morgan fingerprint density at radius 3 is 2.80 bits per heavy atom. The van der Waals surface area contributed by atoms with Gasteiger partial charge in [0.2, 0.25) is 0 Å². The molecule has 6 rings (SSSR count). The summed E-state index contributed by atoms with van der Waals surface area (Å²) in [7, 11) is 0. The first-order valence-corrected chi connectivity index (χ1v) is 11.5. The fourth-order valence-electron chi connectivity index (χ4n) is 5.85. The van der Waals surface area contributed by atoms with Crippen molar-refractivity contribution in [2.75, 3.05) is 0 Å². The Bertz CT molecular complexity index is 1560. The van der Waals surface area contributed by atoms with E-state index in [9.17, 15) is 29.0 Å². The number of nitrogens with zero attached hydrogens (tertiary/aromatic N) is 2. The van der Waals surface area contributed by atoms with Crippen molar-refractivity contribution in [1.29, 1.82) is 0 Å². The van der Waals surface area contributed by atoms with Gasteiger partial charge in [0, 0.05) is 22.6 Å². The van der Waals surface area contributed by atoms with Crippen LogP contribution in [0.1, 0.15) is 59.2 Å². The first-order chi connectivity index (χ1) is 16.7. The van der Waals surface area contributed by atoms with Crippen LogP contribution in [0, 0.1) is 12.7 Å². The van der Waals surface area contributed by atoms with Crippen molar-refractivity contribution >= 4 is 23.0 Å². The summed E-state index contributed by atoms with van der Waals surface area (Å²) >= 11 is 0. The van der Waals surface area contributed by atoms with Crippen LogP contribution in [0.5, 0.6) is 0 Å². The number of pyridine rings is 2. The van der Waals surface area contributed by atoms with E-state index in [4.69, 9.17) is 9.72 Å². The van der Waals surface area contributed by atoms with Crippen LogP contribution in [0.3, 0.4) is 0 Å². The predicted molar refractivity (Wildman–Crippen MR) is 121 cm³/mol. The number of amides is 1. The Balaban J connectivity index is 1.68. The van der Waals surface area contributed by atoms with E-state index in [-0.39, 0.29) is 30.7 Å². The maximum atomic E-state index is 14.8. The number of halogens is 1. The van der Waals surface area contributed by atoms with E-state index in [0.717, 1.165) is 5.56 Å². The van der Waals surface area contributed by atoms with E-state index in [1.165, 1.54) is 10.6 Å². The minimum absolute atomic E-state index is 0.0173. The predicted octanol–water partition coefficient (Wildman–Crippen LogP) is 2.78. The van der Waals surface area contributed by atoms with Gasteiger partial charge in [0.05, 0.1) is 35.1 Å². The Hall–Kier alpha value is -3.79. The van der Waals surface area contributed by atoms with Crippen LogP contribution in [0.2, 0.25) is 0 Å². The number of benzene rings is 1. The highest BCUT2D eigenvalue weighted by Gasteiger charge is 2.46. The molecule has 10 heteroatoms. The molecule has 4 heterocycles. The van der Waals surface area contributed by atoms with Gasteiger partial charge in [-0.25, -0.2) is 19.0 Å². The van der Waals surface area contributed by atoms with E-state index < -0.39 is 35.1 Å². The number of nitrogens with one attached hydrogen (secondary N) is 1. The number of ether oxygens (including phenoxy) is 1. The van der Waals surface area contributed by atoms with Gasteiger partial charge < -0.3 is 24.8 Å². The van der Waals surface area contributed by atoms with Crippen LogP contribution in [-0.2, 0) is 34.7 Å². The summed E-state index contributed by atoms with van der Waals surface area (Å²) in [5.74, 6) is -1.22. The van der Waals surface area contributed by atoms with Crippen LogP contribution >= 0.6 is 0 Å². The summed E-state index contributed by atoms with van der Waals surface area (Å²) in [6, 6.07) is 2.37. The van der Waals surface area contributed by atoms with E-state index in [2.05, 4.69) is 5.32 Å². The molecule has 2 aromatic heterocycles. The van der Waals surface area contributed by atoms with Gasteiger partial charge >= 0.3 is 12.1 Å². The highest BCUT2D eigenvalue weighted by molar-refractivity contribution is 5.93. The fraction of sp³-hybridized carbons (Fsp3) is 0.360. The average Bonchev–Trinajstić information content (AvgIpc) is 3.19. The van der Waals surface area contributed by atoms with Crippen molar-refractivity contribution in [3.8, 4) is 11.4 Å². The van der Waals surface area contributed by atoms with Gasteiger partial charge in [0.1, 0.15) is 12.4 Å². The summed E-state index contributed by atoms with van der Waals surface area (Å²) in [4.78, 5) is 42.2. The molecule has 2 atom stereocenters. The molecule has 2 aliphatic heterocycles. The number of cyclic esters (lactones) is 1. The highest BCUT2D eigenvalue weighted by atomic mass is 19.1. The van der Waals surface area contributed by atoms with Gasteiger partial charge in [-0.3, -0.25) is 4.79 Å². The standard InChI is InChI=1S/C25H22FN3O6/c1-3-25(34)14-6-18-21-12(8-29(18)22(30)13(14)9-35-23(25)31)20-16(28-24(32)33)5-4-11-10(2)15(26)7-17(27-21)19(11)20/h6-7,16,28,34H,3-5,8-9H2,1-2H3,(H,32,33)/t16-,25?/m0/s1. The first-order valence-electron chi connectivity index (χ1n) is 11.5. The molecule has 0 saturated heterocycles. The van der Waals surface area contributed by atoms with Crippen molar-refractivity contribution in [3.63, 3.8) is 0 Å². The molecule has 1 aliphatic carbocycles. The normalized spacial score (nSPS) is 21.8. The maximum Gasteiger partial charge on any atom is 0.405 e. The zero-order valence-electron chi connectivity index (χ0n) is 19.1. The molecule has 3 aliphatic rings. The smallest absolute Gasteiger partial charge is 0.405 e. The molecule has 35 heavy (non-hydrogen) atoms. The molecule has 0 radical (unpaired) electrons. The minimum atomic E-state index is -1.96. The lowest BCUT2D eigenvalue weighted by Crippen LogP contribution is -2.44. The Kier molecular flexibility index (Phi) is 4.41. The van der Waals surface area contributed by atoms with Crippen molar-refractivity contribution < 1.29 is 28.9 Å². The number of aryl methyl sites for hydroxylation is 1. The van der Waals surface area contributed by atoms with Gasteiger partial charge in [0.25, 0.3) is 5.56 Å². The number of hydrogen-bond acceptors (Lipinski definition) is 6. The van der Waals surface area contributed by atoms with E-state index >= 15 is 0 Å². The topological polar surface area (TPSA) is 131 Å². The molecule has 3 aromatic rings. The fourth-order valence-corrected chi connectivity index (χ4v) is 5.85. The summed E-state index contributed by atoms with van der Waals surface area (Å²) < 4.78 is 21.4. The first kappa shape index (κ1) is 21.7. The number of fused-ring (bicyclic) bond motifs is 5. The minimum Gasteiger partial charge on any atom is -0.465 e. The summed E-state index contributed by atoms with van der Waals surface area (Å²) in [6.45, 7) is 3.22. The lowest BCUT2D eigenvalue weighted by Gasteiger charge is -2.31. The number of aliphatic hydroxyl groups is 1. The number of hydrogen-bond donors (Lipinski definition) is 3. The zero-order chi connectivity index (χ0) is 24.8. The monoisotopic (exact) mass is 479 g/mol. The third-order valence-corrected chi connectivity index (χ3v) is 7.68. The van der Waals surface area contributed by atoms with E-state index in [0.29, 0.717) is 51.8 Å². The number of rotatable bonds is 2. The molecular formula is C25H22FN3O6. The second-order valence-corrected chi connectivity index (χ2v) is 9.35. The maximum absolute atomic E-state index is 14.8.